The van der Waals surface area contributed by atoms with Gasteiger partial charge in [-0.05, 0) is 19.1 Å². The molecule has 18 heavy (non-hydrogen) atoms. The largest absolute Gasteiger partial charge is 0.481 e. The zero-order valence-corrected chi connectivity index (χ0v) is 11.1. The van der Waals surface area contributed by atoms with Gasteiger partial charge in [0.25, 0.3) is 0 Å². The summed E-state index contributed by atoms with van der Waals surface area (Å²) in [5, 5.41) is 20.2. The first kappa shape index (κ1) is 12.9. The average Bonchev–Trinajstić information content (AvgIpc) is 2.97. The SMILES string of the molecule is CC(Nc1nnc(SCC(=O)O)s1)c1ccco1. The monoisotopic (exact) mass is 285 g/mol. The van der Waals surface area contributed by atoms with Crippen LogP contribution in [0.2, 0.25) is 0 Å². The van der Waals surface area contributed by atoms with E-state index in [2.05, 4.69) is 15.5 Å². The van der Waals surface area contributed by atoms with Gasteiger partial charge in [-0.3, -0.25) is 4.79 Å². The number of thioether (sulfide) groups is 1. The molecule has 1 atom stereocenters. The summed E-state index contributed by atoms with van der Waals surface area (Å²) in [7, 11) is 0. The Balaban J connectivity index is 1.92. The molecule has 0 spiro atoms. The van der Waals surface area contributed by atoms with Crippen molar-refractivity contribution in [2.24, 2.45) is 0 Å². The van der Waals surface area contributed by atoms with Gasteiger partial charge in [-0.2, -0.15) is 0 Å². The second-order valence-electron chi connectivity index (χ2n) is 3.44. The topological polar surface area (TPSA) is 88.2 Å². The van der Waals surface area contributed by atoms with E-state index in [1.54, 1.807) is 6.26 Å². The van der Waals surface area contributed by atoms with E-state index < -0.39 is 5.97 Å². The van der Waals surface area contributed by atoms with Crippen LogP contribution in [0.4, 0.5) is 5.13 Å². The van der Waals surface area contributed by atoms with Crippen molar-refractivity contribution < 1.29 is 14.3 Å². The second kappa shape index (κ2) is 5.87. The molecular formula is C10H11N3O3S2. The van der Waals surface area contributed by atoms with Crippen LogP contribution in [0.15, 0.2) is 27.2 Å². The summed E-state index contributed by atoms with van der Waals surface area (Å²) >= 11 is 2.48. The molecule has 0 aliphatic carbocycles. The minimum atomic E-state index is -0.867. The maximum absolute atomic E-state index is 10.4. The second-order valence-corrected chi connectivity index (χ2v) is 5.64. The molecule has 2 aromatic heterocycles. The minimum Gasteiger partial charge on any atom is -0.481 e. The van der Waals surface area contributed by atoms with Gasteiger partial charge in [0, 0.05) is 0 Å². The highest BCUT2D eigenvalue weighted by Crippen LogP contribution is 2.27. The lowest BCUT2D eigenvalue weighted by Crippen LogP contribution is -2.04. The van der Waals surface area contributed by atoms with Crippen LogP contribution in [0.25, 0.3) is 0 Å². The fourth-order valence-corrected chi connectivity index (χ4v) is 2.80. The van der Waals surface area contributed by atoms with Gasteiger partial charge in [0.15, 0.2) is 4.34 Å². The Hall–Kier alpha value is -1.54. The molecule has 0 radical (unpaired) electrons. The van der Waals surface area contributed by atoms with Crippen LogP contribution in [-0.2, 0) is 4.79 Å². The molecule has 2 rings (SSSR count). The van der Waals surface area contributed by atoms with Gasteiger partial charge in [0.1, 0.15) is 5.76 Å². The fourth-order valence-electron chi connectivity index (χ4n) is 1.24. The average molecular weight is 285 g/mol. The van der Waals surface area contributed by atoms with E-state index in [1.165, 1.54) is 11.3 Å². The molecule has 0 aliphatic heterocycles. The normalized spacial score (nSPS) is 12.3. The number of carbonyl (C=O) groups is 1. The van der Waals surface area contributed by atoms with Crippen LogP contribution in [0.3, 0.4) is 0 Å². The van der Waals surface area contributed by atoms with E-state index in [0.717, 1.165) is 17.5 Å². The number of carboxylic acids is 1. The number of anilines is 1. The minimum absolute atomic E-state index is 0.00901. The standard InChI is InChI=1S/C10H11N3O3S2/c1-6(7-3-2-4-16-7)11-9-12-13-10(18-9)17-5-8(14)15/h2-4,6H,5H2,1H3,(H,11,12)(H,14,15). The number of hydrogen-bond acceptors (Lipinski definition) is 7. The molecule has 0 aliphatic rings. The highest BCUT2D eigenvalue weighted by molar-refractivity contribution is 8.01. The van der Waals surface area contributed by atoms with Gasteiger partial charge in [-0.15, -0.1) is 10.2 Å². The summed E-state index contributed by atoms with van der Waals surface area (Å²) in [5.74, 6) is -0.0684. The lowest BCUT2D eigenvalue weighted by atomic mass is 10.3. The lowest BCUT2D eigenvalue weighted by molar-refractivity contribution is -0.133. The van der Waals surface area contributed by atoms with Crippen molar-refractivity contribution in [1.29, 1.82) is 0 Å². The predicted octanol–water partition coefficient (Wildman–Crippen LogP) is 2.48. The Bertz CT molecular complexity index is 512. The van der Waals surface area contributed by atoms with Crippen molar-refractivity contribution in [1.82, 2.24) is 10.2 Å². The van der Waals surface area contributed by atoms with Gasteiger partial charge in [-0.1, -0.05) is 23.1 Å². The summed E-state index contributed by atoms with van der Waals surface area (Å²) < 4.78 is 5.90. The molecule has 6 nitrogen and oxygen atoms in total. The maximum Gasteiger partial charge on any atom is 0.313 e. The van der Waals surface area contributed by atoms with Crippen LogP contribution < -0.4 is 5.32 Å². The first-order valence-corrected chi connectivity index (χ1v) is 6.93. The van der Waals surface area contributed by atoms with Gasteiger partial charge < -0.3 is 14.8 Å². The summed E-state index contributed by atoms with van der Waals surface area (Å²) in [6.07, 6.45) is 1.61. The molecule has 0 aromatic carbocycles. The van der Waals surface area contributed by atoms with Crippen LogP contribution in [-0.4, -0.2) is 27.0 Å². The highest BCUT2D eigenvalue weighted by Gasteiger charge is 2.12. The molecular weight excluding hydrogens is 274 g/mol. The van der Waals surface area contributed by atoms with Crippen molar-refractivity contribution in [3.8, 4) is 0 Å². The molecule has 0 fully saturated rings. The Morgan fingerprint density at radius 3 is 3.17 bits per heavy atom. The predicted molar refractivity (Wildman–Crippen MR) is 69.0 cm³/mol. The molecule has 0 saturated carbocycles. The van der Waals surface area contributed by atoms with Crippen LogP contribution in [0, 0.1) is 0 Å². The molecule has 0 bridgehead atoms. The smallest absolute Gasteiger partial charge is 0.313 e. The number of nitrogens with one attached hydrogen (secondary N) is 1. The first-order valence-electron chi connectivity index (χ1n) is 5.13. The molecule has 0 saturated heterocycles. The number of nitrogens with zero attached hydrogens (tertiary/aromatic N) is 2. The Kier molecular flexibility index (Phi) is 4.21. The number of carboxylic acid groups (broad SMARTS) is 1. The summed E-state index contributed by atoms with van der Waals surface area (Å²) in [6.45, 7) is 1.95. The van der Waals surface area contributed by atoms with E-state index in [1.807, 2.05) is 19.1 Å². The number of rotatable bonds is 6. The van der Waals surface area contributed by atoms with E-state index in [0.29, 0.717) is 9.47 Å². The maximum atomic E-state index is 10.4. The third-order valence-corrected chi connectivity index (χ3v) is 4.01. The number of hydrogen-bond donors (Lipinski definition) is 2. The number of aliphatic carboxylic acids is 1. The van der Waals surface area contributed by atoms with Crippen molar-refractivity contribution >= 4 is 34.2 Å². The van der Waals surface area contributed by atoms with Gasteiger partial charge >= 0.3 is 5.97 Å². The van der Waals surface area contributed by atoms with E-state index in [4.69, 9.17) is 9.52 Å². The van der Waals surface area contributed by atoms with Crippen molar-refractivity contribution in [2.75, 3.05) is 11.1 Å². The summed E-state index contributed by atoms with van der Waals surface area (Å²) in [6, 6.07) is 3.69. The van der Waals surface area contributed by atoms with Gasteiger partial charge in [0.2, 0.25) is 5.13 Å². The third kappa shape index (κ3) is 3.47. The Morgan fingerprint density at radius 1 is 1.67 bits per heavy atom. The van der Waals surface area contributed by atoms with Gasteiger partial charge in [0.05, 0.1) is 18.1 Å². The fraction of sp³-hybridized carbons (Fsp3) is 0.300. The zero-order chi connectivity index (χ0) is 13.0. The van der Waals surface area contributed by atoms with Gasteiger partial charge in [-0.25, -0.2) is 0 Å². The Morgan fingerprint density at radius 2 is 2.50 bits per heavy atom. The summed E-state index contributed by atoms with van der Waals surface area (Å²) in [4.78, 5) is 10.4. The third-order valence-electron chi connectivity index (χ3n) is 2.04. The van der Waals surface area contributed by atoms with Crippen molar-refractivity contribution in [3.63, 3.8) is 0 Å². The van der Waals surface area contributed by atoms with E-state index in [9.17, 15) is 4.79 Å². The van der Waals surface area contributed by atoms with Crippen LogP contribution >= 0.6 is 23.1 Å². The summed E-state index contributed by atoms with van der Waals surface area (Å²) in [5.41, 5.74) is 0. The Labute approximate surface area is 111 Å². The quantitative estimate of drug-likeness (QED) is 0.788. The molecule has 0 amide bonds. The zero-order valence-electron chi connectivity index (χ0n) is 9.49. The first-order chi connectivity index (χ1) is 8.65. The highest BCUT2D eigenvalue weighted by atomic mass is 32.2. The van der Waals surface area contributed by atoms with Crippen molar-refractivity contribution in [3.05, 3.63) is 24.2 Å². The van der Waals surface area contributed by atoms with Crippen LogP contribution in [0.5, 0.6) is 0 Å². The molecule has 2 heterocycles. The molecule has 2 aromatic rings. The van der Waals surface area contributed by atoms with E-state index >= 15 is 0 Å². The molecule has 96 valence electrons. The van der Waals surface area contributed by atoms with Crippen molar-refractivity contribution in [2.45, 2.75) is 17.3 Å². The molecule has 1 unspecified atom stereocenters. The number of aromatic nitrogens is 2. The number of furan rings is 1. The van der Waals surface area contributed by atoms with E-state index in [-0.39, 0.29) is 11.8 Å². The lowest BCUT2D eigenvalue weighted by Gasteiger charge is -2.08. The molecule has 2 N–H and O–H groups in total. The van der Waals surface area contributed by atoms with Crippen LogP contribution in [0.1, 0.15) is 18.7 Å². The molecule has 8 heteroatoms.